The van der Waals surface area contributed by atoms with Crippen LogP contribution in [0, 0.1) is 0 Å². The van der Waals surface area contributed by atoms with E-state index in [1.54, 1.807) is 20.3 Å². The Bertz CT molecular complexity index is 427. The molecule has 10 heteroatoms. The van der Waals surface area contributed by atoms with Gasteiger partial charge in [-0.1, -0.05) is 0 Å². The minimum absolute atomic E-state index is 0.164. The predicted octanol–water partition coefficient (Wildman–Crippen LogP) is -1.93. The van der Waals surface area contributed by atoms with Crippen LogP contribution in [0.2, 0.25) is 0 Å². The molecule has 0 aromatic carbocycles. The Morgan fingerprint density at radius 2 is 1.69 bits per heavy atom. The molecular formula is C6H10BBrN6O2. The Balaban J connectivity index is 0.000000165. The number of rotatable bonds is 1. The lowest BCUT2D eigenvalue weighted by molar-refractivity contribution is 0.423. The number of nitrogens with zero attached hydrogens (tertiary/aromatic N) is 6. The van der Waals surface area contributed by atoms with Gasteiger partial charge in [0.2, 0.25) is 0 Å². The summed E-state index contributed by atoms with van der Waals surface area (Å²) in [6, 6.07) is 0. The molecular weight excluding hydrogens is 279 g/mol. The van der Waals surface area contributed by atoms with Crippen LogP contribution in [0.1, 0.15) is 0 Å². The van der Waals surface area contributed by atoms with E-state index in [4.69, 9.17) is 10.0 Å². The summed E-state index contributed by atoms with van der Waals surface area (Å²) in [7, 11) is 1.86. The maximum Gasteiger partial charge on any atom is 0.511 e. The molecule has 0 unspecified atom stereocenters. The zero-order chi connectivity index (χ0) is 12.1. The van der Waals surface area contributed by atoms with E-state index in [1.807, 2.05) is 0 Å². The van der Waals surface area contributed by atoms with Crippen molar-refractivity contribution in [2.75, 3.05) is 0 Å². The molecule has 0 aliphatic heterocycles. The van der Waals surface area contributed by atoms with Crippen LogP contribution in [0.15, 0.2) is 17.0 Å². The van der Waals surface area contributed by atoms with Crippen molar-refractivity contribution in [3.05, 3.63) is 17.0 Å². The summed E-state index contributed by atoms with van der Waals surface area (Å²) in [4.78, 5) is 2.75. The molecule has 16 heavy (non-hydrogen) atoms. The highest BCUT2D eigenvalue weighted by molar-refractivity contribution is 9.10. The van der Waals surface area contributed by atoms with Gasteiger partial charge in [0.25, 0.3) is 0 Å². The molecule has 0 radical (unpaired) electrons. The summed E-state index contributed by atoms with van der Waals surface area (Å²) in [5, 5.41) is 31.8. The quantitative estimate of drug-likeness (QED) is 0.593. The van der Waals surface area contributed by atoms with Crippen molar-refractivity contribution >= 4 is 28.6 Å². The molecule has 0 saturated heterocycles. The number of hydrogen-bond donors (Lipinski definition) is 2. The Labute approximate surface area is 100 Å². The lowest BCUT2D eigenvalue weighted by Crippen LogP contribution is -2.31. The van der Waals surface area contributed by atoms with Crippen LogP contribution in [0.3, 0.4) is 0 Å². The molecule has 0 aliphatic carbocycles. The Morgan fingerprint density at radius 3 is 1.88 bits per heavy atom. The Kier molecular flexibility index (Phi) is 4.59. The van der Waals surface area contributed by atoms with Crippen molar-refractivity contribution in [2.24, 2.45) is 14.1 Å². The highest BCUT2D eigenvalue weighted by atomic mass is 79.9. The molecule has 86 valence electrons. The smallest absolute Gasteiger partial charge is 0.422 e. The zero-order valence-corrected chi connectivity index (χ0v) is 10.3. The average Bonchev–Trinajstić information content (AvgIpc) is 2.76. The van der Waals surface area contributed by atoms with E-state index in [-0.39, 0.29) is 5.59 Å². The number of aryl methyl sites for hydroxylation is 2. The standard InChI is InChI=1S/C3H6BN3O2.C3H4BrN3/c1-7-5-2-3(6-7)4(8)9;1-7-5-2-3(4)6-7/h2,8-9H,1H3;2H,1H3. The van der Waals surface area contributed by atoms with Crippen molar-refractivity contribution < 1.29 is 10.0 Å². The molecule has 2 aromatic rings. The van der Waals surface area contributed by atoms with E-state index in [0.29, 0.717) is 0 Å². The number of hydrogen-bond acceptors (Lipinski definition) is 6. The van der Waals surface area contributed by atoms with Gasteiger partial charge in [0.1, 0.15) is 10.2 Å². The third kappa shape index (κ3) is 4.09. The number of halogens is 1. The lowest BCUT2D eigenvalue weighted by atomic mass is 9.87. The van der Waals surface area contributed by atoms with Crippen molar-refractivity contribution in [3.8, 4) is 0 Å². The molecule has 8 nitrogen and oxygen atoms in total. The molecule has 0 saturated carbocycles. The van der Waals surface area contributed by atoms with Crippen LogP contribution in [0.4, 0.5) is 0 Å². The minimum atomic E-state index is -1.52. The van der Waals surface area contributed by atoms with Crippen LogP contribution < -0.4 is 5.59 Å². The molecule has 0 aliphatic rings. The highest BCUT2D eigenvalue weighted by Gasteiger charge is 2.13. The molecule has 0 amide bonds. The SMILES string of the molecule is Cn1ncc(B(O)O)n1.Cn1ncc(Br)n1. The van der Waals surface area contributed by atoms with E-state index in [1.165, 1.54) is 15.8 Å². The second kappa shape index (κ2) is 5.73. The molecule has 0 fully saturated rings. The third-order valence-corrected chi connectivity index (χ3v) is 1.82. The van der Waals surface area contributed by atoms with Gasteiger partial charge in [-0.25, -0.2) is 0 Å². The summed E-state index contributed by atoms with van der Waals surface area (Å²) in [5.74, 6) is 0. The fourth-order valence-electron chi connectivity index (χ4n) is 0.801. The van der Waals surface area contributed by atoms with E-state index in [0.717, 1.165) is 4.60 Å². The zero-order valence-electron chi connectivity index (χ0n) is 8.69. The molecule has 0 bridgehead atoms. The molecule has 2 rings (SSSR count). The van der Waals surface area contributed by atoms with Gasteiger partial charge >= 0.3 is 7.12 Å². The molecule has 0 atom stereocenters. The molecule has 2 heterocycles. The highest BCUT2D eigenvalue weighted by Crippen LogP contribution is 1.98. The van der Waals surface area contributed by atoms with Crippen LogP contribution in [-0.4, -0.2) is 47.2 Å². The first-order chi connectivity index (χ1) is 7.49. The van der Waals surface area contributed by atoms with Crippen molar-refractivity contribution in [1.29, 1.82) is 0 Å². The summed E-state index contributed by atoms with van der Waals surface area (Å²) in [5.41, 5.74) is 0.164. The molecule has 0 spiro atoms. The maximum atomic E-state index is 8.48. The van der Waals surface area contributed by atoms with E-state index >= 15 is 0 Å². The van der Waals surface area contributed by atoms with E-state index < -0.39 is 7.12 Å². The Morgan fingerprint density at radius 1 is 1.12 bits per heavy atom. The molecule has 2 aromatic heterocycles. The van der Waals surface area contributed by atoms with Crippen molar-refractivity contribution in [2.45, 2.75) is 0 Å². The number of aromatic nitrogens is 6. The fourth-order valence-corrected chi connectivity index (χ4v) is 1.12. The average molecular weight is 289 g/mol. The van der Waals surface area contributed by atoms with Gasteiger partial charge in [0.05, 0.1) is 12.4 Å². The summed E-state index contributed by atoms with van der Waals surface area (Å²) in [6.07, 6.45) is 2.94. The van der Waals surface area contributed by atoms with Gasteiger partial charge < -0.3 is 10.0 Å². The lowest BCUT2D eigenvalue weighted by Gasteiger charge is -1.86. The van der Waals surface area contributed by atoms with Crippen LogP contribution >= 0.6 is 15.9 Å². The van der Waals surface area contributed by atoms with Gasteiger partial charge in [-0.15, -0.1) is 5.10 Å². The van der Waals surface area contributed by atoms with Crippen LogP contribution in [-0.2, 0) is 14.1 Å². The molecule has 2 N–H and O–H groups in total. The summed E-state index contributed by atoms with van der Waals surface area (Å²) >= 11 is 3.14. The van der Waals surface area contributed by atoms with Gasteiger partial charge in [0, 0.05) is 14.1 Å². The summed E-state index contributed by atoms with van der Waals surface area (Å²) < 4.78 is 0.773. The Hall–Kier alpha value is -1.26. The van der Waals surface area contributed by atoms with Crippen molar-refractivity contribution in [1.82, 2.24) is 30.0 Å². The van der Waals surface area contributed by atoms with Crippen LogP contribution in [0.5, 0.6) is 0 Å². The van der Waals surface area contributed by atoms with Gasteiger partial charge in [0.15, 0.2) is 0 Å². The van der Waals surface area contributed by atoms with E-state index in [2.05, 4.69) is 36.3 Å². The topological polar surface area (TPSA) is 102 Å². The second-order valence-electron chi connectivity index (χ2n) is 2.79. The third-order valence-electron chi connectivity index (χ3n) is 1.45. The fraction of sp³-hybridized carbons (Fsp3) is 0.333. The largest absolute Gasteiger partial charge is 0.511 e. The monoisotopic (exact) mass is 288 g/mol. The van der Waals surface area contributed by atoms with Gasteiger partial charge in [-0.2, -0.15) is 24.9 Å². The van der Waals surface area contributed by atoms with Crippen molar-refractivity contribution in [3.63, 3.8) is 0 Å². The van der Waals surface area contributed by atoms with Crippen LogP contribution in [0.25, 0.3) is 0 Å². The second-order valence-corrected chi connectivity index (χ2v) is 3.60. The first kappa shape index (κ1) is 12.8. The predicted molar refractivity (Wildman–Crippen MR) is 59.5 cm³/mol. The van der Waals surface area contributed by atoms with Gasteiger partial charge in [-0.05, 0) is 15.9 Å². The first-order valence-electron chi connectivity index (χ1n) is 4.23. The minimum Gasteiger partial charge on any atom is -0.422 e. The first-order valence-corrected chi connectivity index (χ1v) is 5.02. The normalized spacial score (nSPS) is 9.56. The maximum absolute atomic E-state index is 8.48. The summed E-state index contributed by atoms with van der Waals surface area (Å²) in [6.45, 7) is 0. The van der Waals surface area contributed by atoms with Gasteiger partial charge in [-0.3, -0.25) is 0 Å². The van der Waals surface area contributed by atoms with E-state index in [9.17, 15) is 0 Å².